The summed E-state index contributed by atoms with van der Waals surface area (Å²) in [5.74, 6) is 1.83. The zero-order valence-corrected chi connectivity index (χ0v) is 17.5. The summed E-state index contributed by atoms with van der Waals surface area (Å²) in [4.78, 5) is 2.45. The van der Waals surface area contributed by atoms with E-state index < -0.39 is 0 Å². The Labute approximate surface area is 163 Å². The molecule has 2 atom stereocenters. The number of nitrogens with zero attached hydrogens (tertiary/aromatic N) is 1. The molecule has 2 aliphatic heterocycles. The number of benzene rings is 1. The smallest absolute Gasteiger partial charge is 0.161 e. The van der Waals surface area contributed by atoms with Crippen LogP contribution in [0.25, 0.3) is 0 Å². The maximum atomic E-state index is 6.26. The Hall–Kier alpha value is -1.30. The van der Waals surface area contributed by atoms with E-state index in [0.717, 1.165) is 51.1 Å². The fourth-order valence-corrected chi connectivity index (χ4v) is 4.58. The molecule has 1 aromatic rings. The minimum absolute atomic E-state index is 0.0166. The predicted octanol–water partition coefficient (Wildman–Crippen LogP) is 4.20. The van der Waals surface area contributed by atoms with Crippen molar-refractivity contribution in [2.24, 2.45) is 5.92 Å². The second-order valence-corrected chi connectivity index (χ2v) is 8.02. The number of methoxy groups -OCH3 is 3. The normalized spacial score (nSPS) is 23.2. The third-order valence-corrected chi connectivity index (χ3v) is 6.49. The van der Waals surface area contributed by atoms with Gasteiger partial charge in [0.2, 0.25) is 0 Å². The van der Waals surface area contributed by atoms with Gasteiger partial charge in [0.25, 0.3) is 0 Å². The molecule has 1 spiro atoms. The van der Waals surface area contributed by atoms with Gasteiger partial charge in [0.1, 0.15) is 5.75 Å². The molecular weight excluding hydrogens is 342 g/mol. The fourth-order valence-electron chi connectivity index (χ4n) is 4.58. The minimum atomic E-state index is -0.167. The Morgan fingerprint density at radius 2 is 1.89 bits per heavy atom. The van der Waals surface area contributed by atoms with Crippen LogP contribution in [0, 0.1) is 5.92 Å². The Balaban J connectivity index is 1.64. The highest BCUT2D eigenvalue weighted by molar-refractivity contribution is 5.55. The Morgan fingerprint density at radius 1 is 1.19 bits per heavy atom. The molecule has 0 radical (unpaired) electrons. The maximum absolute atomic E-state index is 6.26. The predicted molar refractivity (Wildman–Crippen MR) is 108 cm³/mol. The van der Waals surface area contributed by atoms with Crippen LogP contribution in [0.4, 0.5) is 5.69 Å². The van der Waals surface area contributed by atoms with Crippen molar-refractivity contribution in [3.8, 4) is 5.75 Å². The van der Waals surface area contributed by atoms with Crippen LogP contribution in [0.15, 0.2) is 18.2 Å². The van der Waals surface area contributed by atoms with E-state index in [-0.39, 0.29) is 11.9 Å². The highest BCUT2D eigenvalue weighted by Crippen LogP contribution is 2.42. The van der Waals surface area contributed by atoms with Crippen molar-refractivity contribution in [2.75, 3.05) is 45.9 Å². The van der Waals surface area contributed by atoms with Crippen molar-refractivity contribution >= 4 is 5.69 Å². The zero-order valence-electron chi connectivity index (χ0n) is 17.5. The summed E-state index contributed by atoms with van der Waals surface area (Å²) in [5.41, 5.74) is 2.52. The van der Waals surface area contributed by atoms with Crippen LogP contribution in [0.3, 0.4) is 0 Å². The lowest BCUT2D eigenvalue weighted by atomic mass is 9.85. The van der Waals surface area contributed by atoms with Crippen LogP contribution in [-0.2, 0) is 14.2 Å². The van der Waals surface area contributed by atoms with Gasteiger partial charge in [-0.25, -0.2) is 0 Å². The van der Waals surface area contributed by atoms with Crippen LogP contribution in [0.2, 0.25) is 0 Å². The third kappa shape index (κ3) is 4.25. The molecule has 1 aromatic carbocycles. The molecule has 0 N–H and O–H groups in total. The Bertz CT molecular complexity index is 608. The van der Waals surface area contributed by atoms with Crippen molar-refractivity contribution in [1.29, 1.82) is 0 Å². The fraction of sp³-hybridized carbons (Fsp3) is 0.727. The molecule has 3 rings (SSSR count). The van der Waals surface area contributed by atoms with Crippen molar-refractivity contribution in [3.05, 3.63) is 23.8 Å². The number of anilines is 1. The van der Waals surface area contributed by atoms with E-state index in [2.05, 4.69) is 36.9 Å². The first-order valence-corrected chi connectivity index (χ1v) is 10.2. The van der Waals surface area contributed by atoms with Crippen molar-refractivity contribution in [2.45, 2.75) is 57.3 Å². The summed E-state index contributed by atoms with van der Waals surface area (Å²) in [6, 6.07) is 6.67. The van der Waals surface area contributed by atoms with Gasteiger partial charge in [-0.2, -0.15) is 0 Å². The third-order valence-electron chi connectivity index (χ3n) is 6.49. The van der Waals surface area contributed by atoms with Crippen molar-refractivity contribution < 1.29 is 18.9 Å². The van der Waals surface area contributed by atoms with Gasteiger partial charge >= 0.3 is 0 Å². The first kappa shape index (κ1) is 20.4. The average Bonchev–Trinajstić information content (AvgIpc) is 3.11. The first-order valence-electron chi connectivity index (χ1n) is 10.2. The summed E-state index contributed by atoms with van der Waals surface area (Å²) >= 11 is 0. The van der Waals surface area contributed by atoms with Gasteiger partial charge in [-0.15, -0.1) is 0 Å². The highest BCUT2D eigenvalue weighted by Gasteiger charge is 2.45. The summed E-state index contributed by atoms with van der Waals surface area (Å²) < 4.78 is 22.8. The molecule has 0 aliphatic carbocycles. The second-order valence-electron chi connectivity index (χ2n) is 8.02. The summed E-state index contributed by atoms with van der Waals surface area (Å²) in [7, 11) is 5.18. The van der Waals surface area contributed by atoms with Crippen LogP contribution in [0.5, 0.6) is 5.75 Å². The Morgan fingerprint density at radius 3 is 2.48 bits per heavy atom. The molecule has 152 valence electrons. The summed E-state index contributed by atoms with van der Waals surface area (Å²) in [6.45, 7) is 7.20. The van der Waals surface area contributed by atoms with Crippen LogP contribution in [0.1, 0.15) is 51.0 Å². The lowest BCUT2D eigenvalue weighted by Gasteiger charge is -2.40. The summed E-state index contributed by atoms with van der Waals surface area (Å²) in [6.07, 6.45) is 4.05. The molecule has 0 bridgehead atoms. The zero-order chi connectivity index (χ0) is 19.4. The maximum Gasteiger partial charge on any atom is 0.161 e. The van der Waals surface area contributed by atoms with E-state index in [1.165, 1.54) is 11.3 Å². The lowest BCUT2D eigenvalue weighted by molar-refractivity contribution is -0.136. The monoisotopic (exact) mass is 377 g/mol. The van der Waals surface area contributed by atoms with E-state index >= 15 is 0 Å². The molecule has 5 nitrogen and oxygen atoms in total. The van der Waals surface area contributed by atoms with Crippen LogP contribution < -0.4 is 9.64 Å². The first-order chi connectivity index (χ1) is 13.1. The van der Waals surface area contributed by atoms with E-state index in [4.69, 9.17) is 18.9 Å². The van der Waals surface area contributed by atoms with Crippen molar-refractivity contribution in [1.82, 2.24) is 0 Å². The van der Waals surface area contributed by atoms with Crippen LogP contribution in [-0.4, -0.2) is 52.9 Å². The lowest BCUT2D eigenvalue weighted by Crippen LogP contribution is -2.44. The molecule has 0 saturated carbocycles. The number of hydrogen-bond acceptors (Lipinski definition) is 5. The van der Waals surface area contributed by atoms with Crippen molar-refractivity contribution in [3.63, 3.8) is 0 Å². The minimum Gasteiger partial charge on any atom is -0.496 e. The molecule has 2 fully saturated rings. The largest absolute Gasteiger partial charge is 0.496 e. The van der Waals surface area contributed by atoms with Crippen LogP contribution >= 0.6 is 0 Å². The average molecular weight is 378 g/mol. The Kier molecular flexibility index (Phi) is 6.66. The van der Waals surface area contributed by atoms with Gasteiger partial charge in [-0.3, -0.25) is 0 Å². The molecule has 0 amide bonds. The summed E-state index contributed by atoms with van der Waals surface area (Å²) in [5, 5.41) is 0. The second kappa shape index (κ2) is 8.80. The van der Waals surface area contributed by atoms with Gasteiger partial charge in [0.05, 0.1) is 19.3 Å². The molecule has 2 saturated heterocycles. The topological polar surface area (TPSA) is 40.2 Å². The number of rotatable bonds is 7. The highest BCUT2D eigenvalue weighted by atomic mass is 16.7. The molecule has 2 heterocycles. The van der Waals surface area contributed by atoms with E-state index in [0.29, 0.717) is 11.8 Å². The number of hydrogen-bond donors (Lipinski definition) is 0. The standard InChI is InChI=1S/C22H35NO4/c1-6-16(2)19-8-7-18(13-20(19)24-3)23-11-9-22(10-12-23)14-17(15-27-22)21(25-4)26-5/h7-8,13,16-17,21H,6,9-12,14-15H2,1-5H3/t16-,17?/m0/s1. The van der Waals surface area contributed by atoms with Gasteiger partial charge in [0.15, 0.2) is 6.29 Å². The number of piperidine rings is 1. The number of ether oxygens (including phenoxy) is 4. The quantitative estimate of drug-likeness (QED) is 0.666. The molecular formula is C22H35NO4. The van der Waals surface area contributed by atoms with Gasteiger partial charge in [-0.05, 0) is 43.2 Å². The molecule has 27 heavy (non-hydrogen) atoms. The van der Waals surface area contributed by atoms with E-state index in [1.807, 2.05) is 0 Å². The molecule has 0 aromatic heterocycles. The molecule has 5 heteroatoms. The SMILES string of the molecule is CC[C@H](C)c1ccc(N2CCC3(CC2)CC(C(OC)OC)CO3)cc1OC. The van der Waals surface area contributed by atoms with Gasteiger partial charge in [-0.1, -0.05) is 19.9 Å². The van der Waals surface area contributed by atoms with E-state index in [1.54, 1.807) is 21.3 Å². The van der Waals surface area contributed by atoms with Gasteiger partial charge < -0.3 is 23.8 Å². The molecule has 2 aliphatic rings. The van der Waals surface area contributed by atoms with E-state index in [9.17, 15) is 0 Å². The van der Waals surface area contributed by atoms with Gasteiger partial charge in [0, 0.05) is 45.0 Å². The molecule has 1 unspecified atom stereocenters.